The molecule has 0 saturated carbocycles. The van der Waals surface area contributed by atoms with Gasteiger partial charge in [0.25, 0.3) is 0 Å². The smallest absolute Gasteiger partial charge is 0.239 e. The second-order valence-corrected chi connectivity index (χ2v) is 8.20. The summed E-state index contributed by atoms with van der Waals surface area (Å²) in [5, 5.41) is 3.46. The van der Waals surface area contributed by atoms with E-state index >= 15 is 0 Å². The highest BCUT2D eigenvalue weighted by molar-refractivity contribution is 5.82. The van der Waals surface area contributed by atoms with Crippen LogP contribution in [0.25, 0.3) is 0 Å². The number of nitrogens with one attached hydrogen (secondary N) is 1. The summed E-state index contributed by atoms with van der Waals surface area (Å²) in [4.78, 5) is 26.8. The second kappa shape index (κ2) is 13.1. The largest absolute Gasteiger partial charge is 0.357 e. The molecule has 0 aliphatic carbocycles. The molecule has 29 heavy (non-hydrogen) atoms. The number of guanidine groups is 1. The quantitative estimate of drug-likeness (QED) is 0.339. The second-order valence-electron chi connectivity index (χ2n) is 8.20. The summed E-state index contributed by atoms with van der Waals surface area (Å²) in [6.07, 6.45) is 4.65. The fourth-order valence-corrected chi connectivity index (χ4v) is 4.28. The number of hydrogen-bond acceptors (Lipinski definition) is 4. The first-order valence-corrected chi connectivity index (χ1v) is 11.9. The van der Waals surface area contributed by atoms with Gasteiger partial charge in [0.1, 0.15) is 0 Å². The van der Waals surface area contributed by atoms with Crippen LogP contribution in [-0.2, 0) is 4.79 Å². The first-order valence-electron chi connectivity index (χ1n) is 11.9. The molecule has 2 rings (SSSR count). The minimum atomic E-state index is -0.00477. The SMILES string of the molecule is CCNC(=NCCCCN(CC)CC)N1CCN(C(C)C(=O)N2CCCC2)CC1. The Kier molecular flexibility index (Phi) is 10.8. The summed E-state index contributed by atoms with van der Waals surface area (Å²) in [6.45, 7) is 19.4. The Hall–Kier alpha value is -1.34. The number of amides is 1. The third-order valence-electron chi connectivity index (χ3n) is 6.31. The lowest BCUT2D eigenvalue weighted by molar-refractivity contribution is -0.135. The van der Waals surface area contributed by atoms with Gasteiger partial charge in [-0.3, -0.25) is 14.7 Å². The number of carbonyl (C=O) groups excluding carboxylic acids is 1. The van der Waals surface area contributed by atoms with Crippen molar-refractivity contribution in [2.75, 3.05) is 72.0 Å². The Bertz CT molecular complexity index is 494. The van der Waals surface area contributed by atoms with Crippen molar-refractivity contribution in [3.8, 4) is 0 Å². The molecular weight excluding hydrogens is 364 g/mol. The van der Waals surface area contributed by atoms with E-state index in [-0.39, 0.29) is 6.04 Å². The third-order valence-corrected chi connectivity index (χ3v) is 6.31. The monoisotopic (exact) mass is 408 g/mol. The van der Waals surface area contributed by atoms with Gasteiger partial charge in [-0.15, -0.1) is 0 Å². The summed E-state index contributed by atoms with van der Waals surface area (Å²) in [7, 11) is 0. The van der Waals surface area contributed by atoms with Crippen LogP contribution in [0.1, 0.15) is 53.4 Å². The first-order chi connectivity index (χ1) is 14.1. The molecule has 0 aromatic carbocycles. The zero-order valence-corrected chi connectivity index (χ0v) is 19.3. The summed E-state index contributed by atoms with van der Waals surface area (Å²) in [6, 6.07) is -0.00477. The summed E-state index contributed by atoms with van der Waals surface area (Å²) >= 11 is 0. The van der Waals surface area contributed by atoms with E-state index in [4.69, 9.17) is 4.99 Å². The van der Waals surface area contributed by atoms with Gasteiger partial charge >= 0.3 is 0 Å². The summed E-state index contributed by atoms with van der Waals surface area (Å²) < 4.78 is 0. The maximum absolute atomic E-state index is 12.7. The van der Waals surface area contributed by atoms with E-state index in [1.165, 1.54) is 13.0 Å². The molecule has 1 N–H and O–H groups in total. The molecule has 1 amide bonds. The molecular formula is C22H44N6O. The van der Waals surface area contributed by atoms with Gasteiger partial charge in [-0.1, -0.05) is 13.8 Å². The van der Waals surface area contributed by atoms with E-state index < -0.39 is 0 Å². The van der Waals surface area contributed by atoms with Crippen LogP contribution in [0.15, 0.2) is 4.99 Å². The van der Waals surface area contributed by atoms with Crippen LogP contribution in [0.2, 0.25) is 0 Å². The van der Waals surface area contributed by atoms with E-state index in [1.54, 1.807) is 0 Å². The first kappa shape index (κ1) is 23.9. The number of aliphatic imine (C=N–C) groups is 1. The van der Waals surface area contributed by atoms with E-state index in [0.717, 1.165) is 90.7 Å². The van der Waals surface area contributed by atoms with Crippen molar-refractivity contribution in [3.63, 3.8) is 0 Å². The highest BCUT2D eigenvalue weighted by Gasteiger charge is 2.30. The van der Waals surface area contributed by atoms with Crippen molar-refractivity contribution < 1.29 is 4.79 Å². The number of carbonyl (C=O) groups is 1. The Labute approximate surface area is 178 Å². The average molecular weight is 409 g/mol. The maximum atomic E-state index is 12.7. The number of piperazine rings is 1. The van der Waals surface area contributed by atoms with Crippen molar-refractivity contribution in [3.05, 3.63) is 0 Å². The van der Waals surface area contributed by atoms with Crippen LogP contribution in [0.3, 0.4) is 0 Å². The average Bonchev–Trinajstić information content (AvgIpc) is 3.29. The zero-order valence-electron chi connectivity index (χ0n) is 19.3. The lowest BCUT2D eigenvalue weighted by Crippen LogP contribution is -2.57. The summed E-state index contributed by atoms with van der Waals surface area (Å²) in [5.41, 5.74) is 0. The van der Waals surface area contributed by atoms with Gasteiger partial charge in [-0.25, -0.2) is 0 Å². The normalized spacial score (nSPS) is 19.8. The maximum Gasteiger partial charge on any atom is 0.239 e. The molecule has 2 aliphatic rings. The molecule has 1 atom stereocenters. The number of nitrogens with zero attached hydrogens (tertiary/aromatic N) is 5. The van der Waals surface area contributed by atoms with Gasteiger partial charge in [0.05, 0.1) is 6.04 Å². The zero-order chi connectivity index (χ0) is 21.1. The Morgan fingerprint density at radius 3 is 2.21 bits per heavy atom. The van der Waals surface area contributed by atoms with E-state index in [9.17, 15) is 4.79 Å². The molecule has 1 unspecified atom stereocenters. The van der Waals surface area contributed by atoms with Gasteiger partial charge in [-0.05, 0) is 59.2 Å². The molecule has 2 saturated heterocycles. The number of likely N-dealkylation sites (tertiary alicyclic amines) is 1. The van der Waals surface area contributed by atoms with Crippen molar-refractivity contribution in [2.24, 2.45) is 4.99 Å². The third kappa shape index (κ3) is 7.45. The molecule has 2 heterocycles. The van der Waals surface area contributed by atoms with Gasteiger partial charge in [-0.2, -0.15) is 0 Å². The van der Waals surface area contributed by atoms with Crippen LogP contribution in [0.4, 0.5) is 0 Å². The highest BCUT2D eigenvalue weighted by Crippen LogP contribution is 2.14. The van der Waals surface area contributed by atoms with Crippen molar-refractivity contribution in [1.29, 1.82) is 0 Å². The fourth-order valence-electron chi connectivity index (χ4n) is 4.28. The van der Waals surface area contributed by atoms with Crippen LogP contribution < -0.4 is 5.32 Å². The molecule has 2 fully saturated rings. The molecule has 2 aliphatic heterocycles. The minimum Gasteiger partial charge on any atom is -0.357 e. The van der Waals surface area contributed by atoms with Gasteiger partial charge in [0.15, 0.2) is 5.96 Å². The molecule has 7 nitrogen and oxygen atoms in total. The van der Waals surface area contributed by atoms with Crippen molar-refractivity contribution in [1.82, 2.24) is 24.9 Å². The van der Waals surface area contributed by atoms with Crippen LogP contribution in [0.5, 0.6) is 0 Å². The van der Waals surface area contributed by atoms with Crippen LogP contribution >= 0.6 is 0 Å². The van der Waals surface area contributed by atoms with Crippen molar-refractivity contribution in [2.45, 2.75) is 59.4 Å². The Morgan fingerprint density at radius 1 is 0.966 bits per heavy atom. The standard InChI is InChI=1S/C22H44N6O/c1-5-23-22(24-12-8-9-13-25(6-2)7-3)28-18-16-26(17-19-28)20(4)21(29)27-14-10-11-15-27/h20H,5-19H2,1-4H3,(H,23,24). The Morgan fingerprint density at radius 2 is 1.62 bits per heavy atom. The Balaban J connectivity index is 1.77. The van der Waals surface area contributed by atoms with Gasteiger partial charge in [0, 0.05) is 52.4 Å². The van der Waals surface area contributed by atoms with E-state index in [2.05, 4.69) is 47.7 Å². The molecule has 0 radical (unpaired) electrons. The lowest BCUT2D eigenvalue weighted by atomic mass is 10.2. The summed E-state index contributed by atoms with van der Waals surface area (Å²) in [5.74, 6) is 1.35. The molecule has 0 aromatic heterocycles. The van der Waals surface area contributed by atoms with Crippen LogP contribution in [0, 0.1) is 0 Å². The molecule has 0 spiro atoms. The number of unbranched alkanes of at least 4 members (excludes halogenated alkanes) is 1. The minimum absolute atomic E-state index is 0.00477. The molecule has 168 valence electrons. The predicted octanol–water partition coefficient (Wildman–Crippen LogP) is 1.70. The molecule has 0 bridgehead atoms. The van der Waals surface area contributed by atoms with Crippen LogP contribution in [-0.4, -0.2) is 110 Å². The fraction of sp³-hybridized carbons (Fsp3) is 0.909. The van der Waals surface area contributed by atoms with Crippen molar-refractivity contribution >= 4 is 11.9 Å². The molecule has 0 aromatic rings. The predicted molar refractivity (Wildman–Crippen MR) is 121 cm³/mol. The van der Waals surface area contributed by atoms with Gasteiger partial charge in [0.2, 0.25) is 5.91 Å². The van der Waals surface area contributed by atoms with E-state index in [0.29, 0.717) is 5.91 Å². The van der Waals surface area contributed by atoms with Gasteiger partial charge < -0.3 is 20.0 Å². The lowest BCUT2D eigenvalue weighted by Gasteiger charge is -2.39. The topological polar surface area (TPSA) is 54.4 Å². The molecule has 7 heteroatoms. The number of rotatable bonds is 10. The number of hydrogen-bond donors (Lipinski definition) is 1. The highest BCUT2D eigenvalue weighted by atomic mass is 16.2. The van der Waals surface area contributed by atoms with E-state index in [1.807, 2.05) is 4.90 Å².